The molecule has 180 valence electrons. The second-order valence-corrected chi connectivity index (χ2v) is 8.53. The van der Waals surface area contributed by atoms with Gasteiger partial charge in [-0.1, -0.05) is 12.1 Å². The van der Waals surface area contributed by atoms with Gasteiger partial charge in [0.1, 0.15) is 17.9 Å². The summed E-state index contributed by atoms with van der Waals surface area (Å²) in [7, 11) is 1.45. The number of carbonyl (C=O) groups is 2. The SMILES string of the molecule is CCn1c(=O)c2ccccc2n(CC(=O)Nc2ccc(OC)c(NC(=O)OC(C)(C)C)c2)c1=O. The van der Waals surface area contributed by atoms with Gasteiger partial charge in [-0.3, -0.25) is 24.0 Å². The Bertz CT molecular complexity index is 1350. The third-order valence-corrected chi connectivity index (χ3v) is 4.87. The van der Waals surface area contributed by atoms with Gasteiger partial charge in [0.2, 0.25) is 5.91 Å². The highest BCUT2D eigenvalue weighted by Gasteiger charge is 2.19. The van der Waals surface area contributed by atoms with E-state index in [2.05, 4.69) is 10.6 Å². The number of hydrogen-bond donors (Lipinski definition) is 2. The lowest BCUT2D eigenvalue weighted by atomic mass is 10.2. The molecule has 1 heterocycles. The quantitative estimate of drug-likeness (QED) is 0.573. The lowest BCUT2D eigenvalue weighted by Gasteiger charge is -2.20. The monoisotopic (exact) mass is 468 g/mol. The second-order valence-electron chi connectivity index (χ2n) is 8.53. The van der Waals surface area contributed by atoms with E-state index in [4.69, 9.17) is 9.47 Å². The predicted molar refractivity (Wildman–Crippen MR) is 130 cm³/mol. The highest BCUT2D eigenvalue weighted by molar-refractivity contribution is 5.94. The molecule has 0 saturated heterocycles. The Morgan fingerprint density at radius 1 is 1.00 bits per heavy atom. The van der Waals surface area contributed by atoms with Gasteiger partial charge in [-0.2, -0.15) is 0 Å². The van der Waals surface area contributed by atoms with Crippen LogP contribution in [0.3, 0.4) is 0 Å². The number of aromatic nitrogens is 2. The van der Waals surface area contributed by atoms with Crippen molar-refractivity contribution in [2.24, 2.45) is 0 Å². The number of amides is 2. The van der Waals surface area contributed by atoms with Crippen LogP contribution in [0.2, 0.25) is 0 Å². The van der Waals surface area contributed by atoms with Crippen LogP contribution in [-0.4, -0.2) is 33.8 Å². The van der Waals surface area contributed by atoms with Crippen LogP contribution in [0, 0.1) is 0 Å². The highest BCUT2D eigenvalue weighted by Crippen LogP contribution is 2.28. The van der Waals surface area contributed by atoms with Crippen molar-refractivity contribution < 1.29 is 19.1 Å². The number of hydrogen-bond acceptors (Lipinski definition) is 6. The van der Waals surface area contributed by atoms with Crippen LogP contribution in [0.1, 0.15) is 27.7 Å². The number of para-hydroxylation sites is 1. The number of rotatable bonds is 6. The molecule has 0 atom stereocenters. The molecule has 0 fully saturated rings. The Morgan fingerprint density at radius 2 is 1.71 bits per heavy atom. The Kier molecular flexibility index (Phi) is 7.09. The van der Waals surface area contributed by atoms with Crippen LogP contribution in [0.4, 0.5) is 16.2 Å². The van der Waals surface area contributed by atoms with E-state index in [1.165, 1.54) is 17.7 Å². The zero-order valence-electron chi connectivity index (χ0n) is 19.8. The highest BCUT2D eigenvalue weighted by atomic mass is 16.6. The summed E-state index contributed by atoms with van der Waals surface area (Å²) >= 11 is 0. The van der Waals surface area contributed by atoms with E-state index in [0.717, 1.165) is 4.57 Å². The maximum absolute atomic E-state index is 12.9. The van der Waals surface area contributed by atoms with Crippen LogP contribution >= 0.6 is 0 Å². The molecule has 3 rings (SSSR count). The van der Waals surface area contributed by atoms with Crippen LogP contribution in [0.25, 0.3) is 10.9 Å². The Morgan fingerprint density at radius 3 is 2.35 bits per heavy atom. The lowest BCUT2D eigenvalue weighted by Crippen LogP contribution is -2.41. The first kappa shape index (κ1) is 24.6. The molecule has 0 aliphatic rings. The van der Waals surface area contributed by atoms with E-state index in [1.807, 2.05) is 0 Å². The van der Waals surface area contributed by atoms with Gasteiger partial charge in [0.15, 0.2) is 0 Å². The summed E-state index contributed by atoms with van der Waals surface area (Å²) in [5.74, 6) is -0.108. The zero-order valence-corrected chi connectivity index (χ0v) is 19.8. The van der Waals surface area contributed by atoms with E-state index < -0.39 is 28.9 Å². The lowest BCUT2D eigenvalue weighted by molar-refractivity contribution is -0.116. The molecule has 0 unspecified atom stereocenters. The third kappa shape index (κ3) is 5.45. The van der Waals surface area contributed by atoms with Gasteiger partial charge in [-0.25, -0.2) is 9.59 Å². The number of fused-ring (bicyclic) bond motifs is 1. The fourth-order valence-corrected chi connectivity index (χ4v) is 3.44. The molecule has 2 N–H and O–H groups in total. The minimum absolute atomic E-state index is 0.183. The molecule has 2 aromatic carbocycles. The van der Waals surface area contributed by atoms with Crippen molar-refractivity contribution >= 4 is 34.3 Å². The first-order valence-electron chi connectivity index (χ1n) is 10.7. The largest absolute Gasteiger partial charge is 0.495 e. The molecule has 1 aromatic heterocycles. The van der Waals surface area contributed by atoms with Crippen LogP contribution in [0.5, 0.6) is 5.75 Å². The molecule has 10 heteroatoms. The first-order chi connectivity index (χ1) is 16.0. The average Bonchev–Trinajstić information content (AvgIpc) is 2.76. The van der Waals surface area contributed by atoms with Crippen LogP contribution in [-0.2, 0) is 22.6 Å². The fraction of sp³-hybridized carbons (Fsp3) is 0.333. The van der Waals surface area contributed by atoms with E-state index in [-0.39, 0.29) is 13.1 Å². The van der Waals surface area contributed by atoms with Gasteiger partial charge in [0.25, 0.3) is 5.56 Å². The zero-order chi connectivity index (χ0) is 25.0. The standard InChI is InChI=1S/C24H28N4O6/c1-6-27-21(30)16-9-7-8-10-18(16)28(23(27)32)14-20(29)25-15-11-12-19(33-5)17(13-15)26-22(31)34-24(2,3)4/h7-13H,6,14H2,1-5H3,(H,25,29)(H,26,31). The van der Waals surface area contributed by atoms with Gasteiger partial charge >= 0.3 is 11.8 Å². The Labute approximate surface area is 196 Å². The van der Waals surface area contributed by atoms with Crippen molar-refractivity contribution in [1.29, 1.82) is 0 Å². The van der Waals surface area contributed by atoms with E-state index in [0.29, 0.717) is 28.0 Å². The summed E-state index contributed by atoms with van der Waals surface area (Å²) in [6.07, 6.45) is -0.672. The van der Waals surface area contributed by atoms with Crippen molar-refractivity contribution in [3.8, 4) is 5.75 Å². The maximum Gasteiger partial charge on any atom is 0.412 e. The molecule has 0 aliphatic heterocycles. The van der Waals surface area contributed by atoms with Crippen molar-refractivity contribution in [1.82, 2.24) is 9.13 Å². The number of nitrogens with zero attached hydrogens (tertiary/aromatic N) is 2. The maximum atomic E-state index is 12.9. The number of carbonyl (C=O) groups excluding carboxylic acids is 2. The Balaban J connectivity index is 1.87. The number of benzene rings is 2. The number of nitrogens with one attached hydrogen (secondary N) is 2. The minimum Gasteiger partial charge on any atom is -0.495 e. The molecular weight excluding hydrogens is 440 g/mol. The smallest absolute Gasteiger partial charge is 0.412 e. The van der Waals surface area contributed by atoms with Crippen molar-refractivity contribution in [2.45, 2.75) is 46.4 Å². The van der Waals surface area contributed by atoms with E-state index in [1.54, 1.807) is 64.1 Å². The summed E-state index contributed by atoms with van der Waals surface area (Å²) in [4.78, 5) is 50.5. The molecular formula is C24H28N4O6. The normalized spacial score (nSPS) is 11.2. The second kappa shape index (κ2) is 9.82. The molecule has 10 nitrogen and oxygen atoms in total. The molecule has 0 bridgehead atoms. The van der Waals surface area contributed by atoms with Gasteiger partial charge in [0.05, 0.1) is 23.7 Å². The summed E-state index contributed by atoms with van der Waals surface area (Å²) in [6, 6.07) is 11.4. The number of ether oxygens (including phenoxy) is 2. The number of anilines is 2. The topological polar surface area (TPSA) is 121 Å². The summed E-state index contributed by atoms with van der Waals surface area (Å²) in [5.41, 5.74) is -0.598. The third-order valence-electron chi connectivity index (χ3n) is 4.87. The Hall–Kier alpha value is -4.08. The van der Waals surface area contributed by atoms with Gasteiger partial charge < -0.3 is 14.8 Å². The van der Waals surface area contributed by atoms with E-state index in [9.17, 15) is 19.2 Å². The van der Waals surface area contributed by atoms with Crippen LogP contribution in [0.15, 0.2) is 52.1 Å². The molecule has 0 spiro atoms. The minimum atomic E-state index is -0.686. The molecule has 0 radical (unpaired) electrons. The predicted octanol–water partition coefficient (Wildman–Crippen LogP) is 3.18. The van der Waals surface area contributed by atoms with Crippen molar-refractivity contribution in [2.75, 3.05) is 17.7 Å². The molecule has 34 heavy (non-hydrogen) atoms. The fourth-order valence-electron chi connectivity index (χ4n) is 3.44. The van der Waals surface area contributed by atoms with Gasteiger partial charge in [-0.15, -0.1) is 0 Å². The van der Waals surface area contributed by atoms with Crippen molar-refractivity contribution in [3.05, 3.63) is 63.3 Å². The first-order valence-corrected chi connectivity index (χ1v) is 10.7. The molecule has 0 saturated carbocycles. The molecule has 0 aliphatic carbocycles. The average molecular weight is 469 g/mol. The number of methoxy groups -OCH3 is 1. The summed E-state index contributed by atoms with van der Waals surface area (Å²) in [5, 5.41) is 5.67. The molecule has 2 amide bonds. The van der Waals surface area contributed by atoms with E-state index >= 15 is 0 Å². The van der Waals surface area contributed by atoms with Crippen molar-refractivity contribution in [3.63, 3.8) is 0 Å². The van der Waals surface area contributed by atoms with Gasteiger partial charge in [0, 0.05) is 12.2 Å². The van der Waals surface area contributed by atoms with Gasteiger partial charge in [-0.05, 0) is 58.0 Å². The summed E-state index contributed by atoms with van der Waals surface area (Å²) < 4.78 is 12.9. The molecule has 3 aromatic rings. The van der Waals surface area contributed by atoms with Crippen LogP contribution < -0.4 is 26.6 Å². The summed E-state index contributed by atoms with van der Waals surface area (Å²) in [6.45, 7) is 6.80.